The molecule has 1 heterocycles. The van der Waals surface area contributed by atoms with Gasteiger partial charge in [0, 0.05) is 24.3 Å². The summed E-state index contributed by atoms with van der Waals surface area (Å²) in [5.74, 6) is 0. The van der Waals surface area contributed by atoms with Crippen LogP contribution in [-0.2, 0) is 6.54 Å². The molecule has 0 saturated heterocycles. The van der Waals surface area contributed by atoms with Gasteiger partial charge in [0.25, 0.3) is 0 Å². The molecule has 0 unspecified atom stereocenters. The van der Waals surface area contributed by atoms with Crippen molar-refractivity contribution in [3.63, 3.8) is 0 Å². The minimum Gasteiger partial charge on any atom is -0.380 e. The predicted molar refractivity (Wildman–Crippen MR) is 85.2 cm³/mol. The standard InChI is InChI=1S/C17H12ClN3/c18-16-4-2-12(9-19)8-17(16)21-10-13-1-3-15-11-20-6-5-14(15)7-13/h1-8,11,21H,10H2. The van der Waals surface area contributed by atoms with Gasteiger partial charge < -0.3 is 5.32 Å². The van der Waals surface area contributed by atoms with E-state index in [2.05, 4.69) is 28.5 Å². The van der Waals surface area contributed by atoms with Gasteiger partial charge in [-0.15, -0.1) is 0 Å². The Bertz CT molecular complexity index is 837. The molecule has 0 atom stereocenters. The van der Waals surface area contributed by atoms with E-state index in [1.807, 2.05) is 18.3 Å². The fraction of sp³-hybridized carbons (Fsp3) is 0.0588. The highest BCUT2D eigenvalue weighted by Crippen LogP contribution is 2.24. The number of rotatable bonds is 3. The van der Waals surface area contributed by atoms with Gasteiger partial charge in [-0.1, -0.05) is 23.7 Å². The number of hydrogen-bond donors (Lipinski definition) is 1. The number of nitrogens with zero attached hydrogens (tertiary/aromatic N) is 2. The zero-order valence-corrected chi connectivity index (χ0v) is 11.9. The first-order chi connectivity index (χ1) is 10.3. The third-order valence-corrected chi connectivity index (χ3v) is 3.61. The van der Waals surface area contributed by atoms with Gasteiger partial charge in [-0.25, -0.2) is 0 Å². The summed E-state index contributed by atoms with van der Waals surface area (Å²) in [7, 11) is 0. The highest BCUT2D eigenvalue weighted by Gasteiger charge is 2.02. The van der Waals surface area contributed by atoms with Gasteiger partial charge in [0.05, 0.1) is 22.3 Å². The summed E-state index contributed by atoms with van der Waals surface area (Å²) in [6.07, 6.45) is 3.63. The maximum atomic E-state index is 8.93. The minimum absolute atomic E-state index is 0.589. The summed E-state index contributed by atoms with van der Waals surface area (Å²) in [6, 6.07) is 15.5. The van der Waals surface area contributed by atoms with Gasteiger partial charge in [-0.05, 0) is 41.3 Å². The molecule has 0 amide bonds. The SMILES string of the molecule is N#Cc1ccc(Cl)c(NCc2ccc3cnccc3c2)c1. The summed E-state index contributed by atoms with van der Waals surface area (Å²) < 4.78 is 0. The highest BCUT2D eigenvalue weighted by molar-refractivity contribution is 6.33. The molecule has 0 spiro atoms. The first kappa shape index (κ1) is 13.4. The van der Waals surface area contributed by atoms with Crippen LogP contribution in [0.3, 0.4) is 0 Å². The van der Waals surface area contributed by atoms with Gasteiger partial charge in [0.1, 0.15) is 0 Å². The molecule has 0 aliphatic carbocycles. The van der Waals surface area contributed by atoms with Crippen LogP contribution in [0.15, 0.2) is 54.9 Å². The fourth-order valence-electron chi connectivity index (χ4n) is 2.17. The topological polar surface area (TPSA) is 48.7 Å². The molecule has 3 nitrogen and oxygen atoms in total. The molecule has 0 radical (unpaired) electrons. The van der Waals surface area contributed by atoms with Crippen molar-refractivity contribution in [1.29, 1.82) is 5.26 Å². The number of hydrogen-bond acceptors (Lipinski definition) is 3. The number of benzene rings is 2. The van der Waals surface area contributed by atoms with Crippen LogP contribution in [0.25, 0.3) is 10.8 Å². The predicted octanol–water partition coefficient (Wildman–Crippen LogP) is 4.37. The molecule has 0 aliphatic heterocycles. The molecule has 3 aromatic rings. The Morgan fingerprint density at radius 1 is 1.10 bits per heavy atom. The van der Waals surface area contributed by atoms with Gasteiger partial charge in [-0.3, -0.25) is 4.98 Å². The van der Waals surface area contributed by atoms with Crippen molar-refractivity contribution in [2.45, 2.75) is 6.54 Å². The smallest absolute Gasteiger partial charge is 0.0992 e. The third kappa shape index (κ3) is 2.96. The number of anilines is 1. The lowest BCUT2D eigenvalue weighted by atomic mass is 10.1. The van der Waals surface area contributed by atoms with E-state index in [4.69, 9.17) is 16.9 Å². The average molecular weight is 294 g/mol. The molecule has 4 heteroatoms. The Kier molecular flexibility index (Phi) is 3.72. The van der Waals surface area contributed by atoms with E-state index in [1.165, 1.54) is 0 Å². The number of pyridine rings is 1. The van der Waals surface area contributed by atoms with E-state index in [0.29, 0.717) is 17.1 Å². The Labute approximate surface area is 127 Å². The Morgan fingerprint density at radius 3 is 2.86 bits per heavy atom. The van der Waals surface area contributed by atoms with Crippen molar-refractivity contribution >= 4 is 28.1 Å². The number of nitriles is 1. The van der Waals surface area contributed by atoms with Crippen LogP contribution in [0.1, 0.15) is 11.1 Å². The maximum Gasteiger partial charge on any atom is 0.0992 e. The Balaban J connectivity index is 1.82. The van der Waals surface area contributed by atoms with E-state index in [1.54, 1.807) is 24.4 Å². The molecule has 0 fully saturated rings. The molecule has 102 valence electrons. The second-order valence-electron chi connectivity index (χ2n) is 4.72. The van der Waals surface area contributed by atoms with Crippen molar-refractivity contribution < 1.29 is 0 Å². The van der Waals surface area contributed by atoms with E-state index in [0.717, 1.165) is 22.0 Å². The average Bonchev–Trinajstić information content (AvgIpc) is 2.54. The van der Waals surface area contributed by atoms with Crippen molar-refractivity contribution in [2.24, 2.45) is 0 Å². The molecule has 1 N–H and O–H groups in total. The van der Waals surface area contributed by atoms with Gasteiger partial charge >= 0.3 is 0 Å². The van der Waals surface area contributed by atoms with Crippen LogP contribution in [0.5, 0.6) is 0 Å². The number of nitrogens with one attached hydrogen (secondary N) is 1. The molecule has 0 bridgehead atoms. The van der Waals surface area contributed by atoms with Gasteiger partial charge in [0.2, 0.25) is 0 Å². The van der Waals surface area contributed by atoms with E-state index in [9.17, 15) is 0 Å². The normalized spacial score (nSPS) is 10.3. The molecule has 0 saturated carbocycles. The lowest BCUT2D eigenvalue weighted by Crippen LogP contribution is -2.00. The largest absolute Gasteiger partial charge is 0.380 e. The quantitative estimate of drug-likeness (QED) is 0.780. The van der Waals surface area contributed by atoms with Crippen LogP contribution >= 0.6 is 11.6 Å². The zero-order chi connectivity index (χ0) is 14.7. The second-order valence-corrected chi connectivity index (χ2v) is 5.12. The lowest BCUT2D eigenvalue weighted by molar-refractivity contribution is 1.15. The van der Waals surface area contributed by atoms with E-state index >= 15 is 0 Å². The molecule has 3 rings (SSSR count). The molecule has 0 aliphatic rings. The number of aromatic nitrogens is 1. The van der Waals surface area contributed by atoms with E-state index in [-0.39, 0.29) is 0 Å². The van der Waals surface area contributed by atoms with Crippen molar-refractivity contribution in [2.75, 3.05) is 5.32 Å². The van der Waals surface area contributed by atoms with Crippen LogP contribution in [0.4, 0.5) is 5.69 Å². The van der Waals surface area contributed by atoms with Crippen molar-refractivity contribution in [3.05, 3.63) is 71.0 Å². The summed E-state index contributed by atoms with van der Waals surface area (Å²) in [5, 5.41) is 15.1. The Morgan fingerprint density at radius 2 is 2.00 bits per heavy atom. The molecule has 2 aromatic carbocycles. The molecule has 1 aromatic heterocycles. The monoisotopic (exact) mass is 293 g/mol. The number of halogens is 1. The third-order valence-electron chi connectivity index (χ3n) is 3.28. The van der Waals surface area contributed by atoms with Crippen LogP contribution in [0, 0.1) is 11.3 Å². The van der Waals surface area contributed by atoms with Crippen LogP contribution < -0.4 is 5.32 Å². The van der Waals surface area contributed by atoms with Crippen LogP contribution in [0.2, 0.25) is 5.02 Å². The molecular formula is C17H12ClN3. The summed E-state index contributed by atoms with van der Waals surface area (Å²) in [5.41, 5.74) is 2.50. The lowest BCUT2D eigenvalue weighted by Gasteiger charge is -2.09. The summed E-state index contributed by atoms with van der Waals surface area (Å²) in [6.45, 7) is 0.646. The first-order valence-electron chi connectivity index (χ1n) is 6.52. The Hall–Kier alpha value is -2.57. The molecular weight excluding hydrogens is 282 g/mol. The van der Waals surface area contributed by atoms with Crippen molar-refractivity contribution in [1.82, 2.24) is 4.98 Å². The summed E-state index contributed by atoms with van der Waals surface area (Å²) in [4.78, 5) is 4.10. The van der Waals surface area contributed by atoms with E-state index < -0.39 is 0 Å². The minimum atomic E-state index is 0.589. The zero-order valence-electron chi connectivity index (χ0n) is 11.2. The van der Waals surface area contributed by atoms with Crippen LogP contribution in [-0.4, -0.2) is 4.98 Å². The number of fused-ring (bicyclic) bond motifs is 1. The maximum absolute atomic E-state index is 8.93. The second kappa shape index (κ2) is 5.82. The van der Waals surface area contributed by atoms with Crippen molar-refractivity contribution in [3.8, 4) is 6.07 Å². The molecule has 21 heavy (non-hydrogen) atoms. The highest BCUT2D eigenvalue weighted by atomic mass is 35.5. The fourth-order valence-corrected chi connectivity index (χ4v) is 2.35. The summed E-state index contributed by atoms with van der Waals surface area (Å²) >= 11 is 6.13. The van der Waals surface area contributed by atoms with Gasteiger partial charge in [0.15, 0.2) is 0 Å². The first-order valence-corrected chi connectivity index (χ1v) is 6.90. The van der Waals surface area contributed by atoms with Gasteiger partial charge in [-0.2, -0.15) is 5.26 Å².